The number of pyridine rings is 2. The third kappa shape index (κ3) is 3.24. The molecule has 0 bridgehead atoms. The molecule has 0 atom stereocenters. The van der Waals surface area contributed by atoms with Gasteiger partial charge < -0.3 is 0 Å². The monoisotopic (exact) mass is 538 g/mol. The third-order valence-electron chi connectivity index (χ3n) is 8.36. The maximum Gasteiger partial charge on any atom is 0.0971 e. The van der Waals surface area contributed by atoms with E-state index in [1.165, 1.54) is 64.7 Å². The fourth-order valence-corrected chi connectivity index (χ4v) is 7.85. The van der Waals surface area contributed by atoms with Crippen molar-refractivity contribution < 1.29 is 0 Å². The minimum absolute atomic E-state index is 0.903. The van der Waals surface area contributed by atoms with Crippen LogP contribution in [0.4, 0.5) is 0 Å². The Kier molecular flexibility index (Phi) is 4.80. The summed E-state index contributed by atoms with van der Waals surface area (Å²) in [6.45, 7) is 0. The van der Waals surface area contributed by atoms with Crippen molar-refractivity contribution in [2.45, 2.75) is 0 Å². The average molecular weight is 539 g/mol. The highest BCUT2D eigenvalue weighted by Gasteiger charge is 2.27. The minimum atomic E-state index is 0.903. The molecule has 0 amide bonds. The number of aromatic nitrogens is 2. The van der Waals surface area contributed by atoms with Crippen molar-refractivity contribution in [1.82, 2.24) is 9.97 Å². The van der Waals surface area contributed by atoms with Crippen LogP contribution in [0.15, 0.2) is 134 Å². The lowest BCUT2D eigenvalue weighted by atomic mass is 9.78. The molecule has 3 heterocycles. The van der Waals surface area contributed by atoms with Crippen molar-refractivity contribution in [1.29, 1.82) is 0 Å². The Bertz CT molecular complexity index is 2330. The Hall–Kier alpha value is -5.12. The van der Waals surface area contributed by atoms with Crippen molar-refractivity contribution >= 4 is 42.5 Å². The quantitative estimate of drug-likeness (QED) is 0.208. The molecule has 2 nitrogen and oxygen atoms in total. The smallest absolute Gasteiger partial charge is 0.0971 e. The normalized spacial score (nSPS) is 11.9. The highest BCUT2D eigenvalue weighted by molar-refractivity contribution is 7.26. The van der Waals surface area contributed by atoms with Crippen molar-refractivity contribution in [3.05, 3.63) is 134 Å². The molecular weight excluding hydrogens is 516 g/mol. The summed E-state index contributed by atoms with van der Waals surface area (Å²) in [4.78, 5) is 9.88. The van der Waals surface area contributed by atoms with Gasteiger partial charge in [0.15, 0.2) is 0 Å². The zero-order valence-corrected chi connectivity index (χ0v) is 22.8. The van der Waals surface area contributed by atoms with E-state index in [1.54, 1.807) is 0 Å². The molecule has 3 heteroatoms. The molecule has 0 saturated carbocycles. The zero-order chi connectivity index (χ0) is 26.9. The van der Waals surface area contributed by atoms with Gasteiger partial charge >= 0.3 is 0 Å². The highest BCUT2D eigenvalue weighted by atomic mass is 32.1. The van der Waals surface area contributed by atoms with E-state index in [2.05, 4.69) is 121 Å². The summed E-state index contributed by atoms with van der Waals surface area (Å²) in [5.41, 5.74) is 13.8. The molecular formula is C38H22N2S. The van der Waals surface area contributed by atoms with Gasteiger partial charge in [-0.2, -0.15) is 0 Å². The molecule has 0 aliphatic heterocycles. The molecule has 0 spiro atoms. The zero-order valence-electron chi connectivity index (χ0n) is 22.0. The van der Waals surface area contributed by atoms with E-state index < -0.39 is 0 Å². The summed E-state index contributed by atoms with van der Waals surface area (Å²) in [6, 6.07) is 43.8. The molecule has 9 rings (SSSR count). The second kappa shape index (κ2) is 8.69. The van der Waals surface area contributed by atoms with Gasteiger partial charge in [0.25, 0.3) is 0 Å². The Labute approximate surface area is 241 Å². The Morgan fingerprint density at radius 2 is 1.02 bits per heavy atom. The van der Waals surface area contributed by atoms with Gasteiger partial charge in [-0.1, -0.05) is 103 Å². The maximum atomic E-state index is 4.97. The van der Waals surface area contributed by atoms with E-state index in [4.69, 9.17) is 9.97 Å². The molecule has 5 aromatic carbocycles. The summed E-state index contributed by atoms with van der Waals surface area (Å²) >= 11 is 1.87. The lowest BCUT2D eigenvalue weighted by Crippen LogP contribution is -2.01. The lowest BCUT2D eigenvalue weighted by molar-refractivity contribution is 1.33. The topological polar surface area (TPSA) is 25.8 Å². The summed E-state index contributed by atoms with van der Waals surface area (Å²) in [6.07, 6.45) is 3.95. The number of hydrogen-bond acceptors (Lipinski definition) is 3. The number of benzene rings is 5. The fraction of sp³-hybridized carbons (Fsp3) is 0. The van der Waals surface area contributed by atoms with Gasteiger partial charge in [0.1, 0.15) is 0 Å². The summed E-state index contributed by atoms with van der Waals surface area (Å²) < 4.78 is 2.62. The van der Waals surface area contributed by atoms with E-state index in [-0.39, 0.29) is 0 Å². The summed E-state index contributed by atoms with van der Waals surface area (Å²) in [5, 5.41) is 2.61. The maximum absolute atomic E-state index is 4.97. The van der Waals surface area contributed by atoms with Crippen LogP contribution in [-0.2, 0) is 0 Å². The van der Waals surface area contributed by atoms with Gasteiger partial charge in [-0.05, 0) is 57.1 Å². The molecule has 0 unspecified atom stereocenters. The van der Waals surface area contributed by atoms with Crippen LogP contribution in [0.2, 0.25) is 0 Å². The van der Waals surface area contributed by atoms with Gasteiger partial charge in [-0.15, -0.1) is 11.3 Å². The second-order valence-corrected chi connectivity index (χ2v) is 11.6. The van der Waals surface area contributed by atoms with Crippen molar-refractivity contribution in [3.8, 4) is 55.6 Å². The van der Waals surface area contributed by atoms with Crippen LogP contribution in [0.3, 0.4) is 0 Å². The van der Waals surface area contributed by atoms with E-state index in [1.807, 2.05) is 23.6 Å². The molecule has 0 saturated heterocycles. The lowest BCUT2D eigenvalue weighted by Gasteiger charge is -2.25. The van der Waals surface area contributed by atoms with Gasteiger partial charge in [0.2, 0.25) is 0 Å². The largest absolute Gasteiger partial charge is 0.254 e. The molecule has 1 aliphatic carbocycles. The van der Waals surface area contributed by atoms with Crippen LogP contribution >= 0.6 is 11.3 Å². The molecule has 0 N–H and O–H groups in total. The molecule has 1 aliphatic rings. The third-order valence-corrected chi connectivity index (χ3v) is 9.58. The van der Waals surface area contributed by atoms with Crippen molar-refractivity contribution in [2.75, 3.05) is 0 Å². The van der Waals surface area contributed by atoms with E-state index >= 15 is 0 Å². The molecule has 41 heavy (non-hydrogen) atoms. The standard InChI is InChI=1S/C38H22N2S/c1-2-11-24-23(10-1)25-12-3-4-14-28(25)36-32(22-40-33-19-9-21-39-37(33)36)35-27(24)15-7-16-29(35)31-18-8-17-30-26-13-5-6-20-34(26)41-38(30)31/h1-22H. The van der Waals surface area contributed by atoms with E-state index in [0.29, 0.717) is 0 Å². The summed E-state index contributed by atoms with van der Waals surface area (Å²) in [7, 11) is 0. The van der Waals surface area contributed by atoms with Gasteiger partial charge in [0, 0.05) is 49.3 Å². The predicted molar refractivity (Wildman–Crippen MR) is 173 cm³/mol. The van der Waals surface area contributed by atoms with Crippen molar-refractivity contribution in [2.24, 2.45) is 0 Å². The molecule has 3 aromatic heterocycles. The molecule has 0 radical (unpaired) electrons. The Balaban J connectivity index is 1.49. The minimum Gasteiger partial charge on any atom is -0.254 e. The Morgan fingerprint density at radius 1 is 0.415 bits per heavy atom. The predicted octanol–water partition coefficient (Wildman–Crippen LogP) is 10.6. The first-order chi connectivity index (χ1) is 20.4. The van der Waals surface area contributed by atoms with E-state index in [0.717, 1.165) is 22.2 Å². The summed E-state index contributed by atoms with van der Waals surface area (Å²) in [5.74, 6) is 0. The SMILES string of the molecule is c1ccc2c(c1)-c1ccccc1-c1c(cnc3cccnc13)-c1c-2cccc1-c1cccc2c1sc1ccccc12. The second-order valence-electron chi connectivity index (χ2n) is 10.5. The van der Waals surface area contributed by atoms with Crippen LogP contribution < -0.4 is 0 Å². The number of nitrogens with zero attached hydrogens (tertiary/aromatic N) is 2. The molecule has 190 valence electrons. The average Bonchev–Trinajstić information content (AvgIpc) is 3.42. The van der Waals surface area contributed by atoms with Gasteiger partial charge in [0.05, 0.1) is 11.0 Å². The van der Waals surface area contributed by atoms with Crippen LogP contribution in [-0.4, -0.2) is 9.97 Å². The number of fused-ring (bicyclic) bond motifs is 13. The first-order valence-electron chi connectivity index (χ1n) is 13.8. The first kappa shape index (κ1) is 22.7. The Morgan fingerprint density at radius 3 is 1.88 bits per heavy atom. The molecule has 8 aromatic rings. The first-order valence-corrected chi connectivity index (χ1v) is 14.7. The van der Waals surface area contributed by atoms with Crippen molar-refractivity contribution in [3.63, 3.8) is 0 Å². The molecule has 0 fully saturated rings. The van der Waals surface area contributed by atoms with Crippen LogP contribution in [0.25, 0.3) is 86.8 Å². The number of thiophene rings is 1. The van der Waals surface area contributed by atoms with Crippen LogP contribution in [0.1, 0.15) is 0 Å². The van der Waals surface area contributed by atoms with Crippen LogP contribution in [0, 0.1) is 0 Å². The highest BCUT2D eigenvalue weighted by Crippen LogP contribution is 2.52. The fourth-order valence-electron chi connectivity index (χ4n) is 6.62. The van der Waals surface area contributed by atoms with Gasteiger partial charge in [-0.3, -0.25) is 9.97 Å². The van der Waals surface area contributed by atoms with Crippen LogP contribution in [0.5, 0.6) is 0 Å². The number of rotatable bonds is 1. The number of hydrogen-bond donors (Lipinski definition) is 0. The van der Waals surface area contributed by atoms with E-state index in [9.17, 15) is 0 Å². The van der Waals surface area contributed by atoms with Gasteiger partial charge in [-0.25, -0.2) is 0 Å².